The lowest BCUT2D eigenvalue weighted by atomic mass is 10.1. The molecule has 0 fully saturated rings. The Hall–Kier alpha value is -3.09. The fourth-order valence-corrected chi connectivity index (χ4v) is 3.20. The van der Waals surface area contributed by atoms with E-state index >= 15 is 0 Å². The molecule has 2 atom stereocenters. The van der Waals surface area contributed by atoms with Gasteiger partial charge in [0, 0.05) is 11.7 Å². The largest absolute Gasteiger partial charge is 0.496 e. The number of para-hydroxylation sites is 1. The summed E-state index contributed by atoms with van der Waals surface area (Å²) in [7, 11) is 1.43. The van der Waals surface area contributed by atoms with Crippen LogP contribution >= 0.6 is 0 Å². The van der Waals surface area contributed by atoms with Crippen molar-refractivity contribution in [2.75, 3.05) is 12.0 Å². The summed E-state index contributed by atoms with van der Waals surface area (Å²) in [5.41, 5.74) is 1.74. The van der Waals surface area contributed by atoms with Gasteiger partial charge in [0.2, 0.25) is 0 Å². The molecule has 0 spiro atoms. The molecule has 2 aromatic carbocycles. The van der Waals surface area contributed by atoms with Crippen molar-refractivity contribution in [2.45, 2.75) is 32.4 Å². The van der Waals surface area contributed by atoms with E-state index in [0.717, 1.165) is 17.7 Å². The summed E-state index contributed by atoms with van der Waals surface area (Å²) in [5.74, 6) is 0.162. The van der Waals surface area contributed by atoms with Gasteiger partial charge in [-0.3, -0.25) is 14.9 Å². The average molecular weight is 356 g/mol. The number of fused-ring (bicyclic) bond motifs is 1. The maximum atomic E-state index is 12.9. The van der Waals surface area contributed by atoms with E-state index in [9.17, 15) is 14.9 Å². The molecule has 1 aliphatic heterocycles. The summed E-state index contributed by atoms with van der Waals surface area (Å²) in [4.78, 5) is 25.4. The SMILES string of the molecule is COc1ccc(O[C@@H](C)C(=O)N2c3ccccc3C[C@H]2C)c([N+](=O)[O-])c1. The highest BCUT2D eigenvalue weighted by Gasteiger charge is 2.34. The molecular weight excluding hydrogens is 336 g/mol. The first kappa shape index (κ1) is 17.7. The lowest BCUT2D eigenvalue weighted by Crippen LogP contribution is -2.43. The maximum Gasteiger partial charge on any atom is 0.314 e. The third kappa shape index (κ3) is 3.20. The van der Waals surface area contributed by atoms with Crippen LogP contribution in [0.15, 0.2) is 42.5 Å². The fraction of sp³-hybridized carbons (Fsp3) is 0.316. The second-order valence-corrected chi connectivity index (χ2v) is 6.24. The molecule has 1 heterocycles. The van der Waals surface area contributed by atoms with Crippen LogP contribution in [0.4, 0.5) is 11.4 Å². The highest BCUT2D eigenvalue weighted by atomic mass is 16.6. The second kappa shape index (κ2) is 7.03. The van der Waals surface area contributed by atoms with Crippen molar-refractivity contribution in [2.24, 2.45) is 0 Å². The molecule has 0 bridgehead atoms. The number of hydrogen-bond donors (Lipinski definition) is 0. The van der Waals surface area contributed by atoms with Crippen molar-refractivity contribution >= 4 is 17.3 Å². The fourth-order valence-electron chi connectivity index (χ4n) is 3.20. The molecule has 0 radical (unpaired) electrons. The molecule has 7 nitrogen and oxygen atoms in total. The van der Waals surface area contributed by atoms with Crippen LogP contribution in [0.25, 0.3) is 0 Å². The number of methoxy groups -OCH3 is 1. The number of nitro benzene ring substituents is 1. The first-order valence-electron chi connectivity index (χ1n) is 8.32. The quantitative estimate of drug-likeness (QED) is 0.606. The van der Waals surface area contributed by atoms with E-state index in [0.29, 0.717) is 5.75 Å². The lowest BCUT2D eigenvalue weighted by molar-refractivity contribution is -0.386. The molecule has 0 aliphatic carbocycles. The predicted octanol–water partition coefficient (Wildman–Crippen LogP) is 3.35. The van der Waals surface area contributed by atoms with Crippen molar-refractivity contribution in [1.29, 1.82) is 0 Å². The molecule has 0 saturated heterocycles. The first-order chi connectivity index (χ1) is 12.4. The number of carbonyl (C=O) groups excluding carboxylic acids is 1. The third-order valence-electron chi connectivity index (χ3n) is 4.46. The van der Waals surface area contributed by atoms with Gasteiger partial charge in [0.05, 0.1) is 18.1 Å². The summed E-state index contributed by atoms with van der Waals surface area (Å²) in [5, 5.41) is 11.3. The van der Waals surface area contributed by atoms with Gasteiger partial charge < -0.3 is 14.4 Å². The van der Waals surface area contributed by atoms with E-state index in [1.807, 2.05) is 31.2 Å². The summed E-state index contributed by atoms with van der Waals surface area (Å²) in [6, 6.07) is 12.0. The molecule has 7 heteroatoms. The van der Waals surface area contributed by atoms with Crippen molar-refractivity contribution < 1.29 is 19.2 Å². The minimum Gasteiger partial charge on any atom is -0.496 e. The monoisotopic (exact) mass is 356 g/mol. The van der Waals surface area contributed by atoms with E-state index in [4.69, 9.17) is 9.47 Å². The van der Waals surface area contributed by atoms with E-state index in [-0.39, 0.29) is 23.4 Å². The zero-order valence-corrected chi connectivity index (χ0v) is 14.8. The van der Waals surface area contributed by atoms with Crippen molar-refractivity contribution in [1.82, 2.24) is 0 Å². The Kier molecular flexibility index (Phi) is 4.79. The maximum absolute atomic E-state index is 12.9. The first-order valence-corrected chi connectivity index (χ1v) is 8.32. The van der Waals surface area contributed by atoms with Crippen molar-refractivity contribution in [3.05, 3.63) is 58.1 Å². The number of carbonyl (C=O) groups is 1. The van der Waals surface area contributed by atoms with Gasteiger partial charge in [-0.25, -0.2) is 0 Å². The summed E-state index contributed by atoms with van der Waals surface area (Å²) in [6.45, 7) is 3.57. The normalized spacial score (nSPS) is 16.7. The van der Waals surface area contributed by atoms with Crippen LogP contribution in [0.3, 0.4) is 0 Å². The third-order valence-corrected chi connectivity index (χ3v) is 4.46. The zero-order valence-electron chi connectivity index (χ0n) is 14.8. The number of amides is 1. The van der Waals surface area contributed by atoms with E-state index < -0.39 is 11.0 Å². The van der Waals surface area contributed by atoms with E-state index in [1.54, 1.807) is 17.9 Å². The van der Waals surface area contributed by atoms with Crippen LogP contribution in [0, 0.1) is 10.1 Å². The standard InChI is InChI=1S/C19H20N2O5/c1-12-10-14-6-4-5-7-16(14)20(12)19(22)13(2)26-18-9-8-15(25-3)11-17(18)21(23)24/h4-9,11-13H,10H2,1-3H3/t12-,13+/m1/s1. The number of hydrogen-bond acceptors (Lipinski definition) is 5. The molecule has 0 aromatic heterocycles. The van der Waals surface area contributed by atoms with Gasteiger partial charge in [-0.1, -0.05) is 18.2 Å². The number of rotatable bonds is 5. The second-order valence-electron chi connectivity index (χ2n) is 6.24. The van der Waals surface area contributed by atoms with E-state index in [2.05, 4.69) is 0 Å². The number of benzene rings is 2. The van der Waals surface area contributed by atoms with Crippen LogP contribution in [0.2, 0.25) is 0 Å². The molecular formula is C19H20N2O5. The highest BCUT2D eigenvalue weighted by Crippen LogP contribution is 2.34. The molecule has 1 aliphatic rings. The minimum absolute atomic E-state index is 0.0109. The molecule has 26 heavy (non-hydrogen) atoms. The topological polar surface area (TPSA) is 81.9 Å². The molecule has 0 unspecified atom stereocenters. The van der Waals surface area contributed by atoms with Gasteiger partial charge in [0.1, 0.15) is 5.75 Å². The average Bonchev–Trinajstić information content (AvgIpc) is 2.96. The summed E-state index contributed by atoms with van der Waals surface area (Å²) < 4.78 is 10.7. The Bertz CT molecular complexity index is 852. The minimum atomic E-state index is -0.865. The van der Waals surface area contributed by atoms with Crippen molar-refractivity contribution in [3.63, 3.8) is 0 Å². The summed E-state index contributed by atoms with van der Waals surface area (Å²) in [6.07, 6.45) is -0.0900. The number of anilines is 1. The van der Waals surface area contributed by atoms with Crippen molar-refractivity contribution in [3.8, 4) is 11.5 Å². The van der Waals surface area contributed by atoms with Gasteiger partial charge in [-0.05, 0) is 44.0 Å². The molecule has 0 saturated carbocycles. The number of ether oxygens (including phenoxy) is 2. The smallest absolute Gasteiger partial charge is 0.314 e. The van der Waals surface area contributed by atoms with E-state index in [1.165, 1.54) is 19.2 Å². The van der Waals surface area contributed by atoms with Crippen LogP contribution in [-0.2, 0) is 11.2 Å². The molecule has 136 valence electrons. The van der Waals surface area contributed by atoms with Crippen LogP contribution in [-0.4, -0.2) is 30.1 Å². The zero-order chi connectivity index (χ0) is 18.8. The predicted molar refractivity (Wildman–Crippen MR) is 96.8 cm³/mol. The van der Waals surface area contributed by atoms with Gasteiger partial charge in [-0.2, -0.15) is 0 Å². The Morgan fingerprint density at radius 2 is 2.04 bits per heavy atom. The van der Waals surface area contributed by atoms with Crippen LogP contribution in [0.1, 0.15) is 19.4 Å². The van der Waals surface area contributed by atoms with Crippen LogP contribution < -0.4 is 14.4 Å². The Balaban J connectivity index is 1.84. The van der Waals surface area contributed by atoms with Gasteiger partial charge >= 0.3 is 5.69 Å². The van der Waals surface area contributed by atoms with Gasteiger partial charge in [0.15, 0.2) is 11.9 Å². The number of nitro groups is 1. The molecule has 1 amide bonds. The molecule has 2 aromatic rings. The molecule has 0 N–H and O–H groups in total. The summed E-state index contributed by atoms with van der Waals surface area (Å²) >= 11 is 0. The Morgan fingerprint density at radius 3 is 2.73 bits per heavy atom. The van der Waals surface area contributed by atoms with Gasteiger partial charge in [0.25, 0.3) is 5.91 Å². The lowest BCUT2D eigenvalue weighted by Gasteiger charge is -2.26. The Labute approximate surface area is 151 Å². The Morgan fingerprint density at radius 1 is 1.31 bits per heavy atom. The highest BCUT2D eigenvalue weighted by molar-refractivity contribution is 5.99. The van der Waals surface area contributed by atoms with Gasteiger partial charge in [-0.15, -0.1) is 0 Å². The number of nitrogens with zero attached hydrogens (tertiary/aromatic N) is 2. The molecule has 3 rings (SSSR count). The van der Waals surface area contributed by atoms with Crippen LogP contribution in [0.5, 0.6) is 11.5 Å².